The molecule has 3 heterocycles. The molecule has 2 aromatic heterocycles. The van der Waals surface area contributed by atoms with Crippen molar-refractivity contribution in [1.82, 2.24) is 19.7 Å². The Morgan fingerprint density at radius 2 is 1.92 bits per heavy atom. The molecule has 0 aliphatic carbocycles. The molecule has 37 heavy (non-hydrogen) atoms. The number of nitrogens with two attached hydrogens (primary N) is 1. The zero-order valence-corrected chi connectivity index (χ0v) is 20.9. The first-order chi connectivity index (χ1) is 17.5. The maximum atomic E-state index is 14.9. The van der Waals surface area contributed by atoms with E-state index >= 15 is 0 Å². The number of amides is 1. The van der Waals surface area contributed by atoms with Gasteiger partial charge in [-0.25, -0.2) is 13.8 Å². The Balaban J connectivity index is 1.94. The van der Waals surface area contributed by atoms with Crippen LogP contribution >= 0.6 is 0 Å². The summed E-state index contributed by atoms with van der Waals surface area (Å²) in [5.74, 6) is 2.65. The van der Waals surface area contributed by atoms with Crippen molar-refractivity contribution in [2.75, 3.05) is 33.0 Å². The van der Waals surface area contributed by atoms with E-state index in [4.69, 9.17) is 15.2 Å². The molecule has 1 fully saturated rings. The lowest BCUT2D eigenvalue weighted by atomic mass is 9.97. The lowest BCUT2D eigenvalue weighted by Gasteiger charge is -2.21. The molecule has 3 aromatic rings. The first-order valence-electron chi connectivity index (χ1n) is 11.4. The largest absolute Gasteiger partial charge is 0.493 e. The molecule has 0 bridgehead atoms. The normalized spacial score (nSPS) is 15.4. The highest BCUT2D eigenvalue weighted by molar-refractivity contribution is 5.95. The maximum Gasteiger partial charge on any atom is 0.246 e. The predicted octanol–water partition coefficient (Wildman–Crippen LogP) is 2.90. The number of likely N-dealkylation sites (tertiary alicyclic amines) is 1. The summed E-state index contributed by atoms with van der Waals surface area (Å²) in [6, 6.07) is 0.823. The summed E-state index contributed by atoms with van der Waals surface area (Å²) in [6.07, 6.45) is 3.28. The molecule has 1 aliphatic rings. The van der Waals surface area contributed by atoms with Crippen LogP contribution in [-0.2, 0) is 10.4 Å². The van der Waals surface area contributed by atoms with Gasteiger partial charge in [0.15, 0.2) is 23.1 Å². The van der Waals surface area contributed by atoms with Gasteiger partial charge in [-0.15, -0.1) is 0 Å². The van der Waals surface area contributed by atoms with Crippen molar-refractivity contribution < 1.29 is 28.2 Å². The molecule has 3 N–H and O–H groups in total. The minimum Gasteiger partial charge on any atom is -0.493 e. The van der Waals surface area contributed by atoms with Crippen LogP contribution < -0.4 is 15.2 Å². The van der Waals surface area contributed by atoms with Gasteiger partial charge in [-0.3, -0.25) is 9.48 Å². The van der Waals surface area contributed by atoms with E-state index in [-0.39, 0.29) is 35.0 Å². The van der Waals surface area contributed by atoms with Crippen molar-refractivity contribution in [3.05, 3.63) is 53.4 Å². The van der Waals surface area contributed by atoms with Gasteiger partial charge in [0.1, 0.15) is 17.1 Å². The molecular formula is C26H27F2N5O4. The van der Waals surface area contributed by atoms with Crippen LogP contribution in [0.2, 0.25) is 0 Å². The van der Waals surface area contributed by atoms with Gasteiger partial charge in [-0.2, -0.15) is 5.10 Å². The lowest BCUT2D eigenvalue weighted by Crippen LogP contribution is -2.27. The van der Waals surface area contributed by atoms with Gasteiger partial charge in [-0.1, -0.05) is 12.5 Å². The summed E-state index contributed by atoms with van der Waals surface area (Å²) in [5, 5.41) is 15.8. The first-order valence-corrected chi connectivity index (χ1v) is 11.4. The number of fused-ring (bicyclic) bond motifs is 1. The van der Waals surface area contributed by atoms with Crippen molar-refractivity contribution in [2.45, 2.75) is 31.9 Å². The van der Waals surface area contributed by atoms with Gasteiger partial charge in [-0.05, 0) is 32.3 Å². The number of nitrogen functional groups attached to an aromatic ring is 1. The molecule has 1 aromatic carbocycles. The van der Waals surface area contributed by atoms with Gasteiger partial charge >= 0.3 is 0 Å². The zero-order valence-electron chi connectivity index (χ0n) is 20.9. The minimum absolute atomic E-state index is 0.0831. The number of aliphatic hydroxyl groups is 1. The highest BCUT2D eigenvalue weighted by Gasteiger charge is 2.32. The fourth-order valence-corrected chi connectivity index (χ4v) is 4.38. The quantitative estimate of drug-likeness (QED) is 0.400. The number of hydrogen-bond donors (Lipinski definition) is 2. The van der Waals surface area contributed by atoms with E-state index in [1.54, 1.807) is 23.4 Å². The van der Waals surface area contributed by atoms with E-state index in [1.165, 1.54) is 26.5 Å². The average Bonchev–Trinajstić information content (AvgIpc) is 3.49. The molecule has 0 spiro atoms. The number of carbonyl (C=O) groups excluding carboxylic acids is 1. The fourth-order valence-electron chi connectivity index (χ4n) is 4.38. The predicted molar refractivity (Wildman–Crippen MR) is 133 cm³/mol. The molecule has 1 amide bonds. The number of pyridine rings is 1. The second kappa shape index (κ2) is 9.71. The average molecular weight is 512 g/mol. The van der Waals surface area contributed by atoms with Gasteiger partial charge in [0.2, 0.25) is 5.91 Å². The van der Waals surface area contributed by atoms with Crippen molar-refractivity contribution in [3.63, 3.8) is 0 Å². The topological polar surface area (TPSA) is 116 Å². The summed E-state index contributed by atoms with van der Waals surface area (Å²) >= 11 is 0. The molecule has 1 unspecified atom stereocenters. The highest BCUT2D eigenvalue weighted by atomic mass is 19.1. The van der Waals surface area contributed by atoms with Crippen molar-refractivity contribution in [3.8, 4) is 23.3 Å². The Labute approximate surface area is 212 Å². The highest BCUT2D eigenvalue weighted by Crippen LogP contribution is 2.36. The smallest absolute Gasteiger partial charge is 0.246 e. The van der Waals surface area contributed by atoms with Gasteiger partial charge in [0.25, 0.3) is 0 Å². The Morgan fingerprint density at radius 3 is 2.49 bits per heavy atom. The third-order valence-corrected chi connectivity index (χ3v) is 6.29. The number of aromatic nitrogens is 3. The van der Waals surface area contributed by atoms with E-state index in [2.05, 4.69) is 28.5 Å². The molecule has 194 valence electrons. The van der Waals surface area contributed by atoms with E-state index in [0.717, 1.165) is 6.07 Å². The SMILES string of the molecule is C=CC(=O)N1CCC(n2nc(C#Cc3c(F)c(OC)cc(OC)c3F)c3c(N)ncc(C(C)(C)O)c32)C1. The molecule has 9 nitrogen and oxygen atoms in total. The van der Waals surface area contributed by atoms with E-state index in [1.807, 2.05) is 0 Å². The molecule has 4 rings (SSSR count). The number of carbonyl (C=O) groups is 1. The Morgan fingerprint density at radius 1 is 1.27 bits per heavy atom. The summed E-state index contributed by atoms with van der Waals surface area (Å²) in [6.45, 7) is 7.56. The van der Waals surface area contributed by atoms with Crippen LogP contribution in [0.4, 0.5) is 14.6 Å². The number of rotatable bonds is 5. The van der Waals surface area contributed by atoms with Crippen LogP contribution in [0.15, 0.2) is 24.9 Å². The molecular weight excluding hydrogens is 484 g/mol. The van der Waals surface area contributed by atoms with Crippen LogP contribution in [0.3, 0.4) is 0 Å². The van der Waals surface area contributed by atoms with Crippen molar-refractivity contribution >= 4 is 22.6 Å². The zero-order chi connectivity index (χ0) is 27.1. The number of nitrogens with zero attached hydrogens (tertiary/aromatic N) is 4. The molecule has 1 atom stereocenters. The third-order valence-electron chi connectivity index (χ3n) is 6.29. The van der Waals surface area contributed by atoms with Crippen molar-refractivity contribution in [1.29, 1.82) is 0 Å². The number of hydrogen-bond acceptors (Lipinski definition) is 7. The number of benzene rings is 1. The van der Waals surface area contributed by atoms with E-state index < -0.39 is 22.8 Å². The van der Waals surface area contributed by atoms with Gasteiger partial charge in [0, 0.05) is 30.9 Å². The Kier molecular flexibility index (Phi) is 6.80. The summed E-state index contributed by atoms with van der Waals surface area (Å²) in [4.78, 5) is 18.0. The molecule has 0 saturated carbocycles. The Hall–Kier alpha value is -4.17. The van der Waals surface area contributed by atoms with Crippen LogP contribution in [0.1, 0.15) is 43.1 Å². The Bertz CT molecular complexity index is 1440. The van der Waals surface area contributed by atoms with Crippen LogP contribution in [0.25, 0.3) is 10.9 Å². The van der Waals surface area contributed by atoms with Gasteiger partial charge < -0.3 is 25.2 Å². The van der Waals surface area contributed by atoms with E-state index in [9.17, 15) is 18.7 Å². The molecule has 0 radical (unpaired) electrons. The summed E-state index contributed by atoms with van der Waals surface area (Å²) in [5.41, 5.74) is 5.36. The number of ether oxygens (including phenoxy) is 2. The number of methoxy groups -OCH3 is 2. The molecule has 1 saturated heterocycles. The number of anilines is 1. The standard InChI is InChI=1S/C26H27F2N5O4/c1-6-20(34)32-10-9-14(13-32)33-24-16(26(2,3)35)12-30-25(29)21(24)17(31-33)8-7-15-22(27)18(36-4)11-19(37-5)23(15)28/h6,11-12,14,35H,1,9-10,13H2,2-5H3,(H2,29,30). The molecule has 1 aliphatic heterocycles. The van der Waals surface area contributed by atoms with Crippen LogP contribution in [0, 0.1) is 23.5 Å². The summed E-state index contributed by atoms with van der Waals surface area (Å²) < 4.78 is 41.4. The number of halogens is 2. The second-order valence-corrected chi connectivity index (χ2v) is 9.10. The van der Waals surface area contributed by atoms with Crippen LogP contribution in [-0.4, -0.2) is 58.0 Å². The van der Waals surface area contributed by atoms with Gasteiger partial charge in [0.05, 0.1) is 36.8 Å². The lowest BCUT2D eigenvalue weighted by molar-refractivity contribution is -0.125. The second-order valence-electron chi connectivity index (χ2n) is 9.10. The van der Waals surface area contributed by atoms with Crippen LogP contribution in [0.5, 0.6) is 11.5 Å². The summed E-state index contributed by atoms with van der Waals surface area (Å²) in [7, 11) is 2.49. The minimum atomic E-state index is -1.32. The third kappa shape index (κ3) is 4.56. The van der Waals surface area contributed by atoms with Crippen molar-refractivity contribution in [2.24, 2.45) is 0 Å². The molecule has 11 heteroatoms. The fraction of sp³-hybridized carbons (Fsp3) is 0.346. The maximum absolute atomic E-state index is 14.9. The van der Waals surface area contributed by atoms with E-state index in [0.29, 0.717) is 36.0 Å². The first kappa shape index (κ1) is 25.9. The monoisotopic (exact) mass is 511 g/mol.